The summed E-state index contributed by atoms with van der Waals surface area (Å²) in [5.41, 5.74) is 12.1. The minimum absolute atomic E-state index is 0.516. The van der Waals surface area contributed by atoms with Crippen LogP contribution in [0.4, 0.5) is 0 Å². The summed E-state index contributed by atoms with van der Waals surface area (Å²) < 4.78 is 24.7. The van der Waals surface area contributed by atoms with Crippen LogP contribution in [0.3, 0.4) is 0 Å². The predicted octanol–water partition coefficient (Wildman–Crippen LogP) is 30.2. The van der Waals surface area contributed by atoms with Crippen LogP contribution in [-0.4, -0.2) is 32.7 Å². The molecule has 5 heteroatoms. The highest BCUT2D eigenvalue weighted by molar-refractivity contribution is 5.79. The lowest BCUT2D eigenvalue weighted by atomic mass is 10.0. The molecule has 0 radical (unpaired) electrons. The molecular weight excluding hydrogens is 1320 g/mol. The third kappa shape index (κ3) is 39.6. The molecule has 0 N–H and O–H groups in total. The number of rotatable bonds is 57. The number of unbranched alkanes of at least 4 members (excludes halogenated alkanes) is 36. The Kier molecular flexibility index (Phi) is 45.5. The monoisotopic (exact) mass is 1450 g/mol. The Morgan fingerprint density at radius 2 is 0.380 bits per heavy atom. The van der Waals surface area contributed by atoms with Crippen LogP contribution in [0.1, 0.15) is 362 Å². The van der Waals surface area contributed by atoms with E-state index in [4.69, 9.17) is 18.9 Å². The number of carbonyl (C=O) groups excluding carboxylic acids is 1. The van der Waals surface area contributed by atoms with Crippen molar-refractivity contribution < 1.29 is 23.7 Å². The van der Waals surface area contributed by atoms with Gasteiger partial charge in [0.2, 0.25) is 0 Å². The van der Waals surface area contributed by atoms with Gasteiger partial charge in [0.05, 0.1) is 26.4 Å². The zero-order chi connectivity index (χ0) is 75.6. The molecule has 0 aliphatic rings. The van der Waals surface area contributed by atoms with Crippen LogP contribution in [0, 0.1) is 23.7 Å². The zero-order valence-electron chi connectivity index (χ0n) is 67.3. The lowest BCUT2D eigenvalue weighted by Gasteiger charge is -2.07. The van der Waals surface area contributed by atoms with Crippen molar-refractivity contribution in [2.75, 3.05) is 26.4 Å². The van der Waals surface area contributed by atoms with Crippen molar-refractivity contribution in [1.29, 1.82) is 0 Å². The van der Waals surface area contributed by atoms with E-state index in [2.05, 4.69) is 233 Å². The molecule has 0 spiro atoms. The SMILES string of the molecule is CCCCCCCCCCCCOc1ccc(/C=C/c2cc(C#Cc3cc(C#Cc4cc(/C=C/c5ccc(OCCCCCCCCCCCC)cc5)cc(/C=C/c5ccc(OCCCCCCCCCCCC)cc5)c4)cc(C=O)c3)cc(/C=C/c3ccc(OCCCCCCCCCCCC)cc3)c2)cc1. The lowest BCUT2D eigenvalue weighted by molar-refractivity contribution is 0.112. The van der Waals surface area contributed by atoms with Gasteiger partial charge >= 0.3 is 0 Å². The number of hydrogen-bond acceptors (Lipinski definition) is 5. The highest BCUT2D eigenvalue weighted by Crippen LogP contribution is 2.25. The van der Waals surface area contributed by atoms with Crippen LogP contribution in [0.25, 0.3) is 48.6 Å². The van der Waals surface area contributed by atoms with E-state index in [1.807, 2.05) is 18.2 Å². The summed E-state index contributed by atoms with van der Waals surface area (Å²) in [4.78, 5) is 12.6. The highest BCUT2D eigenvalue weighted by Gasteiger charge is 2.06. The van der Waals surface area contributed by atoms with Crippen LogP contribution in [0.15, 0.2) is 152 Å². The lowest BCUT2D eigenvalue weighted by Crippen LogP contribution is -1.97. The Morgan fingerprint density at radius 3 is 0.583 bits per heavy atom. The average molecular weight is 1450 g/mol. The molecule has 5 nitrogen and oxygen atoms in total. The minimum Gasteiger partial charge on any atom is -0.494 e. The Bertz CT molecular complexity index is 3340. The van der Waals surface area contributed by atoms with Gasteiger partial charge in [0.15, 0.2) is 0 Å². The average Bonchev–Trinajstić information content (AvgIpc) is 0.850. The summed E-state index contributed by atoms with van der Waals surface area (Å²) in [5, 5.41) is 0. The quantitative estimate of drug-likeness (QED) is 0.0165. The molecule has 0 unspecified atom stereocenters. The maximum Gasteiger partial charge on any atom is 0.150 e. The van der Waals surface area contributed by atoms with Gasteiger partial charge in [-0.3, -0.25) is 4.79 Å². The van der Waals surface area contributed by atoms with Gasteiger partial charge in [-0.15, -0.1) is 0 Å². The Hall–Kier alpha value is -8.51. The molecule has 7 aromatic rings. The third-order valence-electron chi connectivity index (χ3n) is 20.2. The first-order valence-electron chi connectivity index (χ1n) is 42.9. The van der Waals surface area contributed by atoms with Gasteiger partial charge < -0.3 is 18.9 Å². The molecule has 0 aliphatic carbocycles. The molecule has 0 heterocycles. The molecule has 0 aliphatic heterocycles. The van der Waals surface area contributed by atoms with E-state index in [0.717, 1.165) is 137 Å². The molecule has 108 heavy (non-hydrogen) atoms. The second-order valence-corrected chi connectivity index (χ2v) is 30.0. The first kappa shape index (κ1) is 86.7. The Balaban J connectivity index is 1.05. The van der Waals surface area contributed by atoms with E-state index in [0.29, 0.717) is 16.7 Å². The largest absolute Gasteiger partial charge is 0.494 e. The number of aldehydes is 1. The van der Waals surface area contributed by atoms with Crippen molar-refractivity contribution in [3.05, 3.63) is 224 Å². The van der Waals surface area contributed by atoms with Crippen molar-refractivity contribution >= 4 is 54.9 Å². The summed E-state index contributed by atoms with van der Waals surface area (Å²) in [5.74, 6) is 17.4. The molecule has 0 aromatic heterocycles. The zero-order valence-corrected chi connectivity index (χ0v) is 67.3. The Morgan fingerprint density at radius 1 is 0.204 bits per heavy atom. The maximum atomic E-state index is 12.6. The molecule has 7 rings (SSSR count). The fourth-order valence-electron chi connectivity index (χ4n) is 13.6. The molecule has 0 saturated heterocycles. The normalized spacial score (nSPS) is 11.4. The minimum atomic E-state index is 0.516. The Labute approximate surface area is 656 Å². The molecule has 7 aromatic carbocycles. The molecular formula is C103H134O5. The van der Waals surface area contributed by atoms with Gasteiger partial charge in [-0.25, -0.2) is 0 Å². The van der Waals surface area contributed by atoms with Crippen molar-refractivity contribution in [2.24, 2.45) is 0 Å². The standard InChI is InChI=1S/C103H134O5/c1-5-9-13-17-21-25-29-33-37-41-73-105-100-65-57-87(58-66-100)45-49-91-77-92(50-46-88-59-67-101(68-60-88)106-74-42-38-34-30-26-22-18-14-10-6-2)80-95(79-91)53-55-97-83-98(85-99(84-97)86-104)56-54-96-81-93(51-47-89-61-69-102(70-62-89)107-75-43-39-35-31-27-23-19-15-11-7-3)78-94(82-96)52-48-90-63-71-103(72-64-90)108-76-44-40-36-32-28-24-20-16-12-8-4/h45-52,57-72,77-86H,5-44,73-76H2,1-4H3/b49-45+,50-46+,51-47+,52-48+. The van der Waals surface area contributed by atoms with Crippen LogP contribution in [0.5, 0.6) is 23.0 Å². The van der Waals surface area contributed by atoms with Gasteiger partial charge in [0.1, 0.15) is 29.3 Å². The predicted molar refractivity (Wildman–Crippen MR) is 468 cm³/mol. The first-order chi connectivity index (χ1) is 53.4. The number of carbonyl (C=O) groups is 1. The molecule has 0 fully saturated rings. The topological polar surface area (TPSA) is 54.0 Å². The third-order valence-corrected chi connectivity index (χ3v) is 20.2. The maximum absolute atomic E-state index is 12.6. The second kappa shape index (κ2) is 56.7. The second-order valence-electron chi connectivity index (χ2n) is 30.0. The molecule has 576 valence electrons. The van der Waals surface area contributed by atoms with Gasteiger partial charge in [-0.1, -0.05) is 380 Å². The van der Waals surface area contributed by atoms with E-state index >= 15 is 0 Å². The summed E-state index contributed by atoms with van der Waals surface area (Å²) in [6, 6.07) is 52.1. The number of hydrogen-bond donors (Lipinski definition) is 0. The summed E-state index contributed by atoms with van der Waals surface area (Å²) in [7, 11) is 0. The number of ether oxygens (including phenoxy) is 4. The van der Waals surface area contributed by atoms with Crippen molar-refractivity contribution in [3.63, 3.8) is 0 Å². The van der Waals surface area contributed by atoms with Gasteiger partial charge in [-0.05, 0) is 173 Å². The summed E-state index contributed by atoms with van der Waals surface area (Å²) in [6.07, 6.45) is 70.3. The summed E-state index contributed by atoms with van der Waals surface area (Å²) in [6.45, 7) is 12.1. The van der Waals surface area contributed by atoms with Crippen molar-refractivity contribution in [1.82, 2.24) is 0 Å². The smallest absolute Gasteiger partial charge is 0.150 e. The summed E-state index contributed by atoms with van der Waals surface area (Å²) >= 11 is 0. The van der Waals surface area contributed by atoms with Gasteiger partial charge in [0.25, 0.3) is 0 Å². The molecule has 0 amide bonds. The van der Waals surface area contributed by atoms with Crippen molar-refractivity contribution in [3.8, 4) is 46.7 Å². The molecule has 0 saturated carbocycles. The van der Waals surface area contributed by atoms with E-state index in [-0.39, 0.29) is 0 Å². The van der Waals surface area contributed by atoms with E-state index in [1.165, 1.54) is 231 Å². The fraction of sp³-hybridized carbons (Fsp3) is 0.466. The van der Waals surface area contributed by atoms with Crippen molar-refractivity contribution in [2.45, 2.75) is 285 Å². The number of benzene rings is 7. The van der Waals surface area contributed by atoms with Crippen LogP contribution in [0.2, 0.25) is 0 Å². The van der Waals surface area contributed by atoms with Gasteiger partial charge in [0, 0.05) is 27.8 Å². The van der Waals surface area contributed by atoms with Crippen LogP contribution >= 0.6 is 0 Å². The van der Waals surface area contributed by atoms with E-state index in [1.54, 1.807) is 0 Å². The van der Waals surface area contributed by atoms with Crippen LogP contribution in [-0.2, 0) is 0 Å². The molecule has 0 bridgehead atoms. The van der Waals surface area contributed by atoms with E-state index < -0.39 is 0 Å². The molecule has 0 atom stereocenters. The van der Waals surface area contributed by atoms with Gasteiger partial charge in [-0.2, -0.15) is 0 Å². The first-order valence-corrected chi connectivity index (χ1v) is 42.9. The van der Waals surface area contributed by atoms with E-state index in [9.17, 15) is 4.79 Å². The fourth-order valence-corrected chi connectivity index (χ4v) is 13.6. The highest BCUT2D eigenvalue weighted by atomic mass is 16.5. The van der Waals surface area contributed by atoms with Crippen LogP contribution < -0.4 is 18.9 Å².